The van der Waals surface area contributed by atoms with Crippen molar-refractivity contribution in [2.45, 2.75) is 0 Å². The lowest BCUT2D eigenvalue weighted by atomic mass is 10.3. The van der Waals surface area contributed by atoms with Crippen LogP contribution in [-0.4, -0.2) is 24.6 Å². The summed E-state index contributed by atoms with van der Waals surface area (Å²) in [6, 6.07) is 8.23. The highest BCUT2D eigenvalue weighted by atomic mass is 35.5. The molecule has 0 aliphatic heterocycles. The Morgan fingerprint density at radius 3 is 2.64 bits per heavy atom. The molecule has 1 heterocycles. The van der Waals surface area contributed by atoms with Crippen LogP contribution in [0.15, 0.2) is 30.3 Å². The van der Waals surface area contributed by atoms with Crippen molar-refractivity contribution in [3.8, 4) is 11.5 Å². The number of nitrogens with one attached hydrogen (secondary N) is 1. The largest absolute Gasteiger partial charge is 0.495 e. The number of nitrogens with zero attached hydrogens (tertiary/aromatic N) is 1. The van der Waals surface area contributed by atoms with Gasteiger partial charge in [0.1, 0.15) is 11.5 Å². The maximum atomic E-state index is 12.0. The summed E-state index contributed by atoms with van der Waals surface area (Å²) in [5.41, 5.74) is 0.674. The predicted molar refractivity (Wildman–Crippen MR) is 102 cm³/mol. The van der Waals surface area contributed by atoms with E-state index in [0.717, 1.165) is 4.70 Å². The third-order valence-corrected chi connectivity index (χ3v) is 4.92. The van der Waals surface area contributed by atoms with Crippen molar-refractivity contribution in [1.29, 1.82) is 0 Å². The first-order chi connectivity index (χ1) is 12.0. The number of fused-ring (bicyclic) bond motifs is 1. The van der Waals surface area contributed by atoms with E-state index in [2.05, 4.69) is 10.3 Å². The average molecular weight is 418 g/mol. The number of hydrogen-bond donors (Lipinski definition) is 1. The molecule has 0 bridgehead atoms. The molecule has 1 N–H and O–H groups in total. The van der Waals surface area contributed by atoms with Crippen LogP contribution >= 0.6 is 46.1 Å². The predicted octanol–water partition coefficient (Wildman–Crippen LogP) is 5.28. The minimum atomic E-state index is -0.358. The number of thiazole rings is 1. The van der Waals surface area contributed by atoms with Gasteiger partial charge in [-0.25, -0.2) is 4.98 Å². The quantitative estimate of drug-likeness (QED) is 0.613. The van der Waals surface area contributed by atoms with Gasteiger partial charge in [0.25, 0.3) is 5.91 Å². The maximum Gasteiger partial charge on any atom is 0.264 e. The van der Waals surface area contributed by atoms with Crippen LogP contribution in [0.2, 0.25) is 15.1 Å². The molecule has 3 aromatic rings. The minimum Gasteiger partial charge on any atom is -0.495 e. The second kappa shape index (κ2) is 7.66. The molecule has 3 rings (SSSR count). The molecular weight excluding hydrogens is 407 g/mol. The molecule has 0 atom stereocenters. The van der Waals surface area contributed by atoms with Crippen LogP contribution in [0, 0.1) is 0 Å². The topological polar surface area (TPSA) is 60.5 Å². The molecule has 0 aliphatic carbocycles. The van der Waals surface area contributed by atoms with E-state index in [0.29, 0.717) is 37.2 Å². The van der Waals surface area contributed by atoms with Crippen molar-refractivity contribution in [3.05, 3.63) is 45.4 Å². The van der Waals surface area contributed by atoms with E-state index in [1.54, 1.807) is 30.3 Å². The average Bonchev–Trinajstić information content (AvgIpc) is 2.94. The molecule has 1 aromatic heterocycles. The van der Waals surface area contributed by atoms with Crippen molar-refractivity contribution in [2.24, 2.45) is 0 Å². The van der Waals surface area contributed by atoms with E-state index in [9.17, 15) is 4.79 Å². The zero-order valence-electron chi connectivity index (χ0n) is 12.8. The fraction of sp³-hybridized carbons (Fsp3) is 0.125. The van der Waals surface area contributed by atoms with Crippen LogP contribution < -0.4 is 14.8 Å². The highest BCUT2D eigenvalue weighted by Gasteiger charge is 2.12. The third kappa shape index (κ3) is 4.27. The van der Waals surface area contributed by atoms with Gasteiger partial charge in [0.2, 0.25) is 0 Å². The van der Waals surface area contributed by atoms with Gasteiger partial charge in [0, 0.05) is 11.1 Å². The van der Waals surface area contributed by atoms with E-state index in [1.807, 2.05) is 0 Å². The molecule has 25 heavy (non-hydrogen) atoms. The van der Waals surface area contributed by atoms with Crippen LogP contribution in [0.5, 0.6) is 11.5 Å². The number of rotatable bonds is 5. The molecule has 0 saturated carbocycles. The lowest BCUT2D eigenvalue weighted by Gasteiger charge is -2.07. The van der Waals surface area contributed by atoms with Gasteiger partial charge in [-0.3, -0.25) is 10.1 Å². The Bertz CT molecular complexity index is 946. The first-order valence-electron chi connectivity index (χ1n) is 6.98. The summed E-state index contributed by atoms with van der Waals surface area (Å²) in [6.07, 6.45) is 0. The first kappa shape index (κ1) is 18.1. The maximum absolute atomic E-state index is 12.0. The van der Waals surface area contributed by atoms with E-state index in [-0.39, 0.29) is 12.5 Å². The van der Waals surface area contributed by atoms with Gasteiger partial charge in [0.15, 0.2) is 11.7 Å². The minimum absolute atomic E-state index is 0.207. The Morgan fingerprint density at radius 2 is 1.92 bits per heavy atom. The van der Waals surface area contributed by atoms with Gasteiger partial charge in [-0.1, -0.05) is 46.1 Å². The number of methoxy groups -OCH3 is 1. The standard InChI is InChI=1S/C16H11Cl3N2O3S/c1-23-13-6-14-11(5-10(13)19)20-16(25-14)21-15(22)7-24-12-3-2-8(17)4-9(12)18/h2-6H,7H2,1H3,(H,20,21,22). The Hall–Kier alpha value is -1.73. The van der Waals surface area contributed by atoms with E-state index >= 15 is 0 Å². The van der Waals surface area contributed by atoms with Crippen molar-refractivity contribution in [1.82, 2.24) is 4.98 Å². The molecule has 5 nitrogen and oxygen atoms in total. The molecule has 0 radical (unpaired) electrons. The number of carbonyl (C=O) groups excluding carboxylic acids is 1. The Balaban J connectivity index is 1.67. The molecular formula is C16H11Cl3N2O3S. The number of benzene rings is 2. The summed E-state index contributed by atoms with van der Waals surface area (Å²) in [5, 5.41) is 4.40. The number of hydrogen-bond acceptors (Lipinski definition) is 5. The molecule has 9 heteroatoms. The summed E-state index contributed by atoms with van der Waals surface area (Å²) >= 11 is 19.2. The number of ether oxygens (including phenoxy) is 2. The van der Waals surface area contributed by atoms with Crippen LogP contribution in [0.25, 0.3) is 10.2 Å². The summed E-state index contributed by atoms with van der Waals surface area (Å²) in [5.74, 6) is 0.571. The van der Waals surface area contributed by atoms with Gasteiger partial charge in [-0.15, -0.1) is 0 Å². The Kier molecular flexibility index (Phi) is 5.54. The highest BCUT2D eigenvalue weighted by molar-refractivity contribution is 7.22. The van der Waals surface area contributed by atoms with Crippen LogP contribution in [-0.2, 0) is 4.79 Å². The first-order valence-corrected chi connectivity index (χ1v) is 8.93. The number of carbonyl (C=O) groups is 1. The zero-order valence-corrected chi connectivity index (χ0v) is 15.9. The molecule has 0 fully saturated rings. The Labute approximate surface area is 162 Å². The molecule has 0 aliphatic rings. The van der Waals surface area contributed by atoms with E-state index in [4.69, 9.17) is 44.3 Å². The molecule has 2 aromatic carbocycles. The van der Waals surface area contributed by atoms with Crippen molar-refractivity contribution >= 4 is 67.4 Å². The summed E-state index contributed by atoms with van der Waals surface area (Å²) in [4.78, 5) is 16.4. The Morgan fingerprint density at radius 1 is 1.16 bits per heavy atom. The van der Waals surface area contributed by atoms with Gasteiger partial charge >= 0.3 is 0 Å². The fourth-order valence-corrected chi connectivity index (χ4v) is 3.62. The molecule has 130 valence electrons. The summed E-state index contributed by atoms with van der Waals surface area (Å²) < 4.78 is 11.4. The number of halogens is 3. The number of aromatic nitrogens is 1. The van der Waals surface area contributed by atoms with Crippen LogP contribution in [0.1, 0.15) is 0 Å². The highest BCUT2D eigenvalue weighted by Crippen LogP contribution is 2.34. The normalized spacial score (nSPS) is 10.7. The third-order valence-electron chi connectivity index (χ3n) is 3.16. The summed E-state index contributed by atoms with van der Waals surface area (Å²) in [7, 11) is 1.54. The SMILES string of the molecule is COc1cc2sc(NC(=O)COc3ccc(Cl)cc3Cl)nc2cc1Cl. The van der Waals surface area contributed by atoms with Gasteiger partial charge < -0.3 is 9.47 Å². The van der Waals surface area contributed by atoms with Crippen molar-refractivity contribution in [3.63, 3.8) is 0 Å². The monoisotopic (exact) mass is 416 g/mol. The second-order valence-electron chi connectivity index (χ2n) is 4.89. The van der Waals surface area contributed by atoms with E-state index in [1.165, 1.54) is 18.4 Å². The van der Waals surface area contributed by atoms with Gasteiger partial charge in [-0.05, 0) is 24.3 Å². The van der Waals surface area contributed by atoms with Crippen LogP contribution in [0.4, 0.5) is 5.13 Å². The zero-order chi connectivity index (χ0) is 18.0. The van der Waals surface area contributed by atoms with E-state index < -0.39 is 0 Å². The van der Waals surface area contributed by atoms with Gasteiger partial charge in [0.05, 0.1) is 27.4 Å². The lowest BCUT2D eigenvalue weighted by molar-refractivity contribution is -0.118. The summed E-state index contributed by atoms with van der Waals surface area (Å²) in [6.45, 7) is -0.207. The molecule has 1 amide bonds. The number of anilines is 1. The lowest BCUT2D eigenvalue weighted by Crippen LogP contribution is -2.20. The fourth-order valence-electron chi connectivity index (χ4n) is 2.03. The van der Waals surface area contributed by atoms with Gasteiger partial charge in [-0.2, -0.15) is 0 Å². The molecule has 0 unspecified atom stereocenters. The smallest absolute Gasteiger partial charge is 0.264 e. The number of amides is 1. The van der Waals surface area contributed by atoms with Crippen LogP contribution in [0.3, 0.4) is 0 Å². The van der Waals surface area contributed by atoms with Crippen molar-refractivity contribution in [2.75, 3.05) is 19.0 Å². The molecule has 0 saturated heterocycles. The second-order valence-corrected chi connectivity index (χ2v) is 7.17. The molecule has 0 spiro atoms. The van der Waals surface area contributed by atoms with Crippen molar-refractivity contribution < 1.29 is 14.3 Å².